The molecule has 4 nitrogen and oxygen atoms in total. The van der Waals surface area contributed by atoms with E-state index in [2.05, 4.69) is 0 Å². The molecule has 0 spiro atoms. The van der Waals surface area contributed by atoms with Crippen LogP contribution < -0.4 is 0 Å². The van der Waals surface area contributed by atoms with E-state index in [9.17, 15) is 10.2 Å². The molecule has 2 atom stereocenters. The molecule has 0 aliphatic heterocycles. The zero-order chi connectivity index (χ0) is 12.1. The second-order valence-corrected chi connectivity index (χ2v) is 3.87. The standard InChI is InChI=1S/C12H18O4/c1-8-2-3-9(7-14)6-10(8)12(16)11(15)4-5-13/h2-3,6,11-16H,4-5,7H2,1H3. The summed E-state index contributed by atoms with van der Waals surface area (Å²) in [7, 11) is 0. The van der Waals surface area contributed by atoms with E-state index in [1.807, 2.05) is 6.92 Å². The van der Waals surface area contributed by atoms with Crippen molar-refractivity contribution in [2.24, 2.45) is 0 Å². The summed E-state index contributed by atoms with van der Waals surface area (Å²) in [5.74, 6) is 0. The van der Waals surface area contributed by atoms with Crippen LogP contribution in [-0.4, -0.2) is 33.1 Å². The normalized spacial score (nSPS) is 14.8. The quantitative estimate of drug-likeness (QED) is 0.580. The maximum absolute atomic E-state index is 9.88. The molecule has 0 amide bonds. The summed E-state index contributed by atoms with van der Waals surface area (Å²) in [6, 6.07) is 5.22. The molecule has 0 saturated carbocycles. The Hall–Kier alpha value is -0.940. The van der Waals surface area contributed by atoms with Crippen molar-refractivity contribution in [1.82, 2.24) is 0 Å². The van der Waals surface area contributed by atoms with E-state index in [-0.39, 0.29) is 19.6 Å². The number of benzene rings is 1. The van der Waals surface area contributed by atoms with Crippen molar-refractivity contribution in [2.45, 2.75) is 32.2 Å². The molecule has 0 aliphatic rings. The molecule has 1 aromatic carbocycles. The van der Waals surface area contributed by atoms with Crippen molar-refractivity contribution in [3.05, 3.63) is 34.9 Å². The summed E-state index contributed by atoms with van der Waals surface area (Å²) < 4.78 is 0. The van der Waals surface area contributed by atoms with Crippen LogP contribution in [0.2, 0.25) is 0 Å². The van der Waals surface area contributed by atoms with Gasteiger partial charge in [0, 0.05) is 6.61 Å². The fraction of sp³-hybridized carbons (Fsp3) is 0.500. The van der Waals surface area contributed by atoms with Crippen molar-refractivity contribution < 1.29 is 20.4 Å². The third-order valence-corrected chi connectivity index (χ3v) is 2.63. The van der Waals surface area contributed by atoms with Gasteiger partial charge in [-0.2, -0.15) is 0 Å². The molecule has 0 aliphatic carbocycles. The number of aryl methyl sites for hydroxylation is 1. The molecule has 0 radical (unpaired) electrons. The third-order valence-electron chi connectivity index (χ3n) is 2.63. The minimum Gasteiger partial charge on any atom is -0.396 e. The maximum atomic E-state index is 9.88. The molecule has 0 bridgehead atoms. The average Bonchev–Trinajstić information content (AvgIpc) is 2.29. The monoisotopic (exact) mass is 226 g/mol. The van der Waals surface area contributed by atoms with E-state index < -0.39 is 12.2 Å². The van der Waals surface area contributed by atoms with Crippen LogP contribution >= 0.6 is 0 Å². The van der Waals surface area contributed by atoms with Gasteiger partial charge in [0.05, 0.1) is 12.7 Å². The van der Waals surface area contributed by atoms with E-state index in [4.69, 9.17) is 10.2 Å². The zero-order valence-electron chi connectivity index (χ0n) is 9.30. The number of rotatable bonds is 5. The molecule has 0 heterocycles. The Morgan fingerprint density at radius 2 is 1.88 bits per heavy atom. The number of hydrogen-bond acceptors (Lipinski definition) is 4. The molecule has 1 aromatic rings. The topological polar surface area (TPSA) is 80.9 Å². The Kier molecular flexibility index (Phi) is 4.89. The van der Waals surface area contributed by atoms with Crippen LogP contribution in [0.4, 0.5) is 0 Å². The van der Waals surface area contributed by atoms with E-state index in [1.54, 1.807) is 18.2 Å². The number of aliphatic hydroxyl groups is 4. The molecule has 0 fully saturated rings. The van der Waals surface area contributed by atoms with Crippen LogP contribution in [0, 0.1) is 6.92 Å². The van der Waals surface area contributed by atoms with E-state index in [0.29, 0.717) is 11.1 Å². The Bertz CT molecular complexity index is 338. The van der Waals surface area contributed by atoms with Gasteiger partial charge in [-0.05, 0) is 30.0 Å². The molecule has 2 unspecified atom stereocenters. The van der Waals surface area contributed by atoms with Crippen molar-refractivity contribution >= 4 is 0 Å². The highest BCUT2D eigenvalue weighted by Gasteiger charge is 2.19. The third kappa shape index (κ3) is 3.02. The van der Waals surface area contributed by atoms with Crippen molar-refractivity contribution in [3.8, 4) is 0 Å². The maximum Gasteiger partial charge on any atom is 0.105 e. The van der Waals surface area contributed by atoms with Gasteiger partial charge in [0.1, 0.15) is 6.10 Å². The molecule has 1 rings (SSSR count). The molecular formula is C12H18O4. The van der Waals surface area contributed by atoms with Gasteiger partial charge < -0.3 is 20.4 Å². The summed E-state index contributed by atoms with van der Waals surface area (Å²) in [6.07, 6.45) is -1.89. The molecule has 0 saturated heterocycles. The van der Waals surface area contributed by atoms with Crippen LogP contribution in [0.15, 0.2) is 18.2 Å². The zero-order valence-corrected chi connectivity index (χ0v) is 9.30. The summed E-state index contributed by atoms with van der Waals surface area (Å²) in [4.78, 5) is 0. The second-order valence-electron chi connectivity index (χ2n) is 3.87. The van der Waals surface area contributed by atoms with Gasteiger partial charge in [-0.25, -0.2) is 0 Å². The van der Waals surface area contributed by atoms with Crippen molar-refractivity contribution in [1.29, 1.82) is 0 Å². The molecule has 4 N–H and O–H groups in total. The lowest BCUT2D eigenvalue weighted by Gasteiger charge is -2.19. The first-order chi connectivity index (χ1) is 7.60. The van der Waals surface area contributed by atoms with E-state index >= 15 is 0 Å². The lowest BCUT2D eigenvalue weighted by molar-refractivity contribution is 0.00381. The van der Waals surface area contributed by atoms with Crippen LogP contribution in [0.5, 0.6) is 0 Å². The highest BCUT2D eigenvalue weighted by molar-refractivity contribution is 5.33. The minimum absolute atomic E-state index is 0.101. The van der Waals surface area contributed by atoms with Crippen LogP contribution in [0.3, 0.4) is 0 Å². The highest BCUT2D eigenvalue weighted by Crippen LogP contribution is 2.23. The molecule has 4 heteroatoms. The van der Waals surface area contributed by atoms with Gasteiger partial charge >= 0.3 is 0 Å². The predicted octanol–water partition coefficient (Wildman–Crippen LogP) is 0.264. The minimum atomic E-state index is -1.03. The van der Waals surface area contributed by atoms with Gasteiger partial charge in [0.2, 0.25) is 0 Å². The molecule has 0 aromatic heterocycles. The number of hydrogen-bond donors (Lipinski definition) is 4. The van der Waals surface area contributed by atoms with Crippen LogP contribution in [-0.2, 0) is 6.61 Å². The first-order valence-corrected chi connectivity index (χ1v) is 5.27. The van der Waals surface area contributed by atoms with Gasteiger partial charge in [0.15, 0.2) is 0 Å². The van der Waals surface area contributed by atoms with Gasteiger partial charge in [-0.3, -0.25) is 0 Å². The Morgan fingerprint density at radius 1 is 1.19 bits per heavy atom. The average molecular weight is 226 g/mol. The fourth-order valence-corrected chi connectivity index (χ4v) is 1.60. The van der Waals surface area contributed by atoms with Gasteiger partial charge in [0.25, 0.3) is 0 Å². The summed E-state index contributed by atoms with van der Waals surface area (Å²) in [5.41, 5.74) is 2.13. The van der Waals surface area contributed by atoms with Crippen molar-refractivity contribution in [3.63, 3.8) is 0 Å². The van der Waals surface area contributed by atoms with E-state index in [0.717, 1.165) is 5.56 Å². The number of aliphatic hydroxyl groups excluding tert-OH is 4. The molecule has 90 valence electrons. The highest BCUT2D eigenvalue weighted by atomic mass is 16.3. The molecule has 16 heavy (non-hydrogen) atoms. The summed E-state index contributed by atoms with van der Waals surface area (Å²) in [6.45, 7) is 1.55. The lowest BCUT2D eigenvalue weighted by atomic mass is 9.96. The lowest BCUT2D eigenvalue weighted by Crippen LogP contribution is -2.20. The fourth-order valence-electron chi connectivity index (χ4n) is 1.60. The molecular weight excluding hydrogens is 208 g/mol. The Labute approximate surface area is 94.8 Å². The van der Waals surface area contributed by atoms with Gasteiger partial charge in [-0.15, -0.1) is 0 Å². The Morgan fingerprint density at radius 3 is 2.44 bits per heavy atom. The Balaban J connectivity index is 2.92. The van der Waals surface area contributed by atoms with Gasteiger partial charge in [-0.1, -0.05) is 18.2 Å². The second kappa shape index (κ2) is 5.96. The first-order valence-electron chi connectivity index (χ1n) is 5.27. The smallest absolute Gasteiger partial charge is 0.105 e. The van der Waals surface area contributed by atoms with Crippen molar-refractivity contribution in [2.75, 3.05) is 6.61 Å². The first kappa shape index (κ1) is 13.1. The van der Waals surface area contributed by atoms with Crippen LogP contribution in [0.1, 0.15) is 29.2 Å². The predicted molar refractivity (Wildman–Crippen MR) is 59.8 cm³/mol. The van der Waals surface area contributed by atoms with E-state index in [1.165, 1.54) is 0 Å². The SMILES string of the molecule is Cc1ccc(CO)cc1C(O)C(O)CCO. The largest absolute Gasteiger partial charge is 0.396 e. The summed E-state index contributed by atoms with van der Waals surface area (Å²) in [5, 5.41) is 37.1. The van der Waals surface area contributed by atoms with Crippen LogP contribution in [0.25, 0.3) is 0 Å². The summed E-state index contributed by atoms with van der Waals surface area (Å²) >= 11 is 0.